The molecule has 0 unspecified atom stereocenters. The molecule has 0 spiro atoms. The fourth-order valence-electron chi connectivity index (χ4n) is 1.75. The number of H-pyrrole nitrogens is 1. The summed E-state index contributed by atoms with van der Waals surface area (Å²) in [5, 5.41) is 0. The third kappa shape index (κ3) is 2.90. The lowest BCUT2D eigenvalue weighted by atomic mass is 10.1. The van der Waals surface area contributed by atoms with Crippen LogP contribution in [0.2, 0.25) is 0 Å². The summed E-state index contributed by atoms with van der Waals surface area (Å²) in [6, 6.07) is 5.38. The predicted molar refractivity (Wildman–Crippen MR) is 75.2 cm³/mol. The molecule has 0 bridgehead atoms. The van der Waals surface area contributed by atoms with Crippen molar-refractivity contribution < 1.29 is 4.79 Å². The Kier molecular flexibility index (Phi) is 3.93. The number of aromatic amines is 1. The number of carbonyl (C=O) groups is 1. The number of rotatable bonds is 3. The third-order valence-electron chi connectivity index (χ3n) is 2.96. The molecule has 1 amide bonds. The average molecular weight is 272 g/mol. The van der Waals surface area contributed by atoms with E-state index >= 15 is 0 Å². The van der Waals surface area contributed by atoms with Crippen LogP contribution in [0.3, 0.4) is 0 Å². The first-order valence-electron chi connectivity index (χ1n) is 6.20. The summed E-state index contributed by atoms with van der Waals surface area (Å²) in [7, 11) is 3.31. The Morgan fingerprint density at radius 1 is 1.35 bits per heavy atom. The summed E-state index contributed by atoms with van der Waals surface area (Å²) in [5.41, 5.74) is 1.24. The summed E-state index contributed by atoms with van der Waals surface area (Å²) in [6.07, 6.45) is 1.68. The highest BCUT2D eigenvalue weighted by molar-refractivity contribution is 5.78. The molecule has 1 N–H and O–H groups in total. The Labute approximate surface area is 116 Å². The summed E-state index contributed by atoms with van der Waals surface area (Å²) in [4.78, 5) is 36.4. The van der Waals surface area contributed by atoms with E-state index in [0.29, 0.717) is 22.8 Å². The van der Waals surface area contributed by atoms with Crippen molar-refractivity contribution in [3.63, 3.8) is 0 Å². The highest BCUT2D eigenvalue weighted by atomic mass is 16.2. The van der Waals surface area contributed by atoms with Crippen molar-refractivity contribution >= 4 is 5.91 Å². The first-order chi connectivity index (χ1) is 9.49. The fraction of sp³-hybridized carbons (Fsp3) is 0.286. The molecule has 0 radical (unpaired) electrons. The van der Waals surface area contributed by atoms with Crippen LogP contribution in [-0.4, -0.2) is 39.9 Å². The first kappa shape index (κ1) is 13.9. The van der Waals surface area contributed by atoms with Gasteiger partial charge in [0.05, 0.1) is 6.42 Å². The second kappa shape index (κ2) is 5.64. The highest BCUT2D eigenvalue weighted by Gasteiger charge is 2.14. The molecular weight excluding hydrogens is 256 g/mol. The van der Waals surface area contributed by atoms with Crippen LogP contribution in [0.15, 0.2) is 29.2 Å². The molecule has 20 heavy (non-hydrogen) atoms. The van der Waals surface area contributed by atoms with Gasteiger partial charge in [-0.25, -0.2) is 4.98 Å². The normalized spacial score (nSPS) is 10.3. The number of nitrogens with zero attached hydrogens (tertiary/aromatic N) is 3. The van der Waals surface area contributed by atoms with Crippen LogP contribution in [0.25, 0.3) is 11.5 Å². The van der Waals surface area contributed by atoms with Gasteiger partial charge >= 0.3 is 0 Å². The maximum atomic E-state index is 12.1. The van der Waals surface area contributed by atoms with Gasteiger partial charge in [-0.05, 0) is 19.1 Å². The van der Waals surface area contributed by atoms with E-state index in [9.17, 15) is 9.59 Å². The van der Waals surface area contributed by atoms with Crippen LogP contribution in [0, 0.1) is 6.92 Å². The number of aryl methyl sites for hydroxylation is 1. The maximum Gasteiger partial charge on any atom is 0.255 e. The van der Waals surface area contributed by atoms with Crippen LogP contribution in [-0.2, 0) is 11.2 Å². The number of nitrogens with one attached hydrogen (secondary N) is 1. The SMILES string of the molecule is Cc1nc(-c2ccccn2)[nH]c(=O)c1CC(=O)N(C)C. The molecule has 0 aliphatic carbocycles. The number of hydrogen-bond donors (Lipinski definition) is 1. The van der Waals surface area contributed by atoms with E-state index in [1.54, 1.807) is 39.3 Å². The van der Waals surface area contributed by atoms with E-state index in [0.717, 1.165) is 0 Å². The maximum absolute atomic E-state index is 12.1. The van der Waals surface area contributed by atoms with E-state index in [2.05, 4.69) is 15.0 Å². The molecular formula is C14H16N4O2. The molecule has 104 valence electrons. The zero-order valence-electron chi connectivity index (χ0n) is 11.7. The molecule has 0 aliphatic heterocycles. The number of likely N-dealkylation sites (N-methyl/N-ethyl adjacent to an activating group) is 1. The minimum Gasteiger partial charge on any atom is -0.349 e. The molecule has 0 aromatic carbocycles. The van der Waals surface area contributed by atoms with Crippen molar-refractivity contribution in [1.29, 1.82) is 0 Å². The Balaban J connectivity index is 2.40. The molecule has 0 aliphatic rings. The fourth-order valence-corrected chi connectivity index (χ4v) is 1.75. The third-order valence-corrected chi connectivity index (χ3v) is 2.96. The first-order valence-corrected chi connectivity index (χ1v) is 6.20. The van der Waals surface area contributed by atoms with E-state index < -0.39 is 0 Å². The van der Waals surface area contributed by atoms with Gasteiger partial charge in [-0.1, -0.05) is 6.07 Å². The van der Waals surface area contributed by atoms with Crippen LogP contribution in [0.4, 0.5) is 0 Å². The molecule has 0 saturated carbocycles. The standard InChI is InChI=1S/C14H16N4O2/c1-9-10(8-12(19)18(2)3)14(20)17-13(16-9)11-6-4-5-7-15-11/h4-7H,8H2,1-3H3,(H,16,17,20). The van der Waals surface area contributed by atoms with Crippen LogP contribution in [0.1, 0.15) is 11.3 Å². The summed E-state index contributed by atoms with van der Waals surface area (Å²) >= 11 is 0. The Hall–Kier alpha value is -2.50. The number of carbonyl (C=O) groups excluding carboxylic acids is 1. The Bertz CT molecular complexity index is 677. The number of hydrogen-bond acceptors (Lipinski definition) is 4. The van der Waals surface area contributed by atoms with Gasteiger partial charge in [0.1, 0.15) is 5.69 Å². The van der Waals surface area contributed by atoms with Crippen LogP contribution >= 0.6 is 0 Å². The van der Waals surface area contributed by atoms with Gasteiger partial charge in [0.25, 0.3) is 5.56 Å². The molecule has 6 nitrogen and oxygen atoms in total. The number of aromatic nitrogens is 3. The van der Waals surface area contributed by atoms with Gasteiger partial charge in [0, 0.05) is 31.5 Å². The predicted octanol–water partition coefficient (Wildman–Crippen LogP) is 0.771. The summed E-state index contributed by atoms with van der Waals surface area (Å²) in [5.74, 6) is 0.278. The van der Waals surface area contributed by atoms with Crippen molar-refractivity contribution in [3.05, 3.63) is 46.0 Å². The molecule has 2 rings (SSSR count). The lowest BCUT2D eigenvalue weighted by Crippen LogP contribution is -2.28. The molecule has 2 aromatic heterocycles. The van der Waals surface area contributed by atoms with Crippen molar-refractivity contribution in [3.8, 4) is 11.5 Å². The van der Waals surface area contributed by atoms with E-state index in [-0.39, 0.29) is 17.9 Å². The zero-order chi connectivity index (χ0) is 14.7. The summed E-state index contributed by atoms with van der Waals surface area (Å²) in [6.45, 7) is 1.72. The zero-order valence-corrected chi connectivity index (χ0v) is 11.7. The van der Waals surface area contributed by atoms with Crippen molar-refractivity contribution in [2.75, 3.05) is 14.1 Å². The molecule has 2 aromatic rings. The lowest BCUT2D eigenvalue weighted by Gasteiger charge is -2.11. The van der Waals surface area contributed by atoms with E-state index in [4.69, 9.17) is 0 Å². The Morgan fingerprint density at radius 3 is 2.65 bits per heavy atom. The second-order valence-corrected chi connectivity index (χ2v) is 4.66. The topological polar surface area (TPSA) is 79.0 Å². The molecule has 0 atom stereocenters. The van der Waals surface area contributed by atoms with Gasteiger partial charge in [-0.15, -0.1) is 0 Å². The quantitative estimate of drug-likeness (QED) is 0.895. The number of amides is 1. The van der Waals surface area contributed by atoms with E-state index in [1.807, 2.05) is 6.07 Å². The van der Waals surface area contributed by atoms with Gasteiger partial charge in [0.15, 0.2) is 5.82 Å². The van der Waals surface area contributed by atoms with Crippen LogP contribution in [0.5, 0.6) is 0 Å². The minimum atomic E-state index is -0.298. The largest absolute Gasteiger partial charge is 0.349 e. The van der Waals surface area contributed by atoms with E-state index in [1.165, 1.54) is 4.90 Å². The van der Waals surface area contributed by atoms with Crippen molar-refractivity contribution in [2.24, 2.45) is 0 Å². The molecule has 0 saturated heterocycles. The van der Waals surface area contributed by atoms with Crippen LogP contribution < -0.4 is 5.56 Å². The molecule has 2 heterocycles. The van der Waals surface area contributed by atoms with Gasteiger partial charge < -0.3 is 9.88 Å². The minimum absolute atomic E-state index is 0.0453. The van der Waals surface area contributed by atoms with Gasteiger partial charge in [0.2, 0.25) is 5.91 Å². The highest BCUT2D eigenvalue weighted by Crippen LogP contribution is 2.11. The smallest absolute Gasteiger partial charge is 0.255 e. The van der Waals surface area contributed by atoms with Gasteiger partial charge in [-0.3, -0.25) is 14.6 Å². The van der Waals surface area contributed by atoms with Crippen molar-refractivity contribution in [1.82, 2.24) is 19.9 Å². The van der Waals surface area contributed by atoms with Gasteiger partial charge in [-0.2, -0.15) is 0 Å². The molecule has 6 heteroatoms. The average Bonchev–Trinajstić information content (AvgIpc) is 2.43. The monoisotopic (exact) mass is 272 g/mol. The second-order valence-electron chi connectivity index (χ2n) is 4.66. The van der Waals surface area contributed by atoms with Crippen molar-refractivity contribution in [2.45, 2.75) is 13.3 Å². The summed E-state index contributed by atoms with van der Waals surface area (Å²) < 4.78 is 0. The molecule has 0 fully saturated rings. The Morgan fingerprint density at radius 2 is 2.10 bits per heavy atom. The lowest BCUT2D eigenvalue weighted by molar-refractivity contribution is -0.128. The number of pyridine rings is 1.